The molecule has 110 valence electrons. The quantitative estimate of drug-likeness (QED) is 0.868. The Bertz CT molecular complexity index is 525. The summed E-state index contributed by atoms with van der Waals surface area (Å²) < 4.78 is 32.6. The van der Waals surface area contributed by atoms with Crippen molar-refractivity contribution >= 4 is 10.0 Å². The molecule has 0 radical (unpaired) electrons. The van der Waals surface area contributed by atoms with Crippen LogP contribution in [0, 0.1) is 19.3 Å². The summed E-state index contributed by atoms with van der Waals surface area (Å²) in [6.45, 7) is 9.07. The highest BCUT2D eigenvalue weighted by molar-refractivity contribution is 7.89. The Hall–Kier alpha value is -0.850. The molecule has 0 aromatic carbocycles. The molecule has 0 aliphatic rings. The molecule has 0 aliphatic carbocycles. The van der Waals surface area contributed by atoms with Crippen molar-refractivity contribution in [1.29, 1.82) is 0 Å². The maximum atomic E-state index is 12.3. The summed E-state index contributed by atoms with van der Waals surface area (Å²) in [7, 11) is -3.63. The summed E-state index contributed by atoms with van der Waals surface area (Å²) in [6.07, 6.45) is 0.374. The molecular weight excluding hydrogens is 266 g/mol. The van der Waals surface area contributed by atoms with Gasteiger partial charge in [0.05, 0.1) is 0 Å². The van der Waals surface area contributed by atoms with Gasteiger partial charge in [0.1, 0.15) is 16.4 Å². The number of aliphatic hydroxyl groups excluding tert-OH is 1. The van der Waals surface area contributed by atoms with Crippen molar-refractivity contribution in [2.24, 2.45) is 5.41 Å². The van der Waals surface area contributed by atoms with Gasteiger partial charge < -0.3 is 9.52 Å². The molecule has 1 aromatic rings. The van der Waals surface area contributed by atoms with E-state index in [1.807, 2.05) is 20.8 Å². The first-order chi connectivity index (χ1) is 8.58. The van der Waals surface area contributed by atoms with Gasteiger partial charge >= 0.3 is 0 Å². The first-order valence-electron chi connectivity index (χ1n) is 6.28. The Morgan fingerprint density at radius 3 is 2.32 bits per heavy atom. The average Bonchev–Trinajstić information content (AvgIpc) is 2.56. The highest BCUT2D eigenvalue weighted by Crippen LogP contribution is 2.25. The molecule has 0 saturated carbocycles. The number of nitrogens with one attached hydrogen (secondary N) is 1. The Morgan fingerprint density at radius 1 is 1.37 bits per heavy atom. The Balaban J connectivity index is 3.04. The molecular formula is C13H23NO4S. The summed E-state index contributed by atoms with van der Waals surface area (Å²) in [6, 6.07) is 1.17. The summed E-state index contributed by atoms with van der Waals surface area (Å²) in [5.74, 6) is 0.939. The van der Waals surface area contributed by atoms with Crippen molar-refractivity contribution in [3.63, 3.8) is 0 Å². The van der Waals surface area contributed by atoms with E-state index in [1.54, 1.807) is 13.8 Å². The largest absolute Gasteiger partial charge is 0.465 e. The lowest BCUT2D eigenvalue weighted by atomic mass is 9.86. The van der Waals surface area contributed by atoms with E-state index in [0.29, 0.717) is 17.9 Å². The van der Waals surface area contributed by atoms with Crippen molar-refractivity contribution in [2.45, 2.75) is 52.0 Å². The SMILES string of the molecule is Cc1cc(S(=O)(=O)NC(CCO)C(C)(C)C)c(C)o1. The topological polar surface area (TPSA) is 79.5 Å². The second-order valence-corrected chi connectivity index (χ2v) is 7.51. The van der Waals surface area contributed by atoms with E-state index in [0.717, 1.165) is 0 Å². The number of furan rings is 1. The van der Waals surface area contributed by atoms with Gasteiger partial charge in [-0.05, 0) is 31.7 Å². The normalized spacial score (nSPS) is 14.6. The molecule has 0 fully saturated rings. The van der Waals surface area contributed by atoms with Gasteiger partial charge in [0.2, 0.25) is 10.0 Å². The van der Waals surface area contributed by atoms with Gasteiger partial charge in [-0.15, -0.1) is 0 Å². The monoisotopic (exact) mass is 289 g/mol. The third-order valence-electron chi connectivity index (χ3n) is 3.05. The summed E-state index contributed by atoms with van der Waals surface area (Å²) in [5.41, 5.74) is -0.275. The molecule has 1 rings (SSSR count). The minimum absolute atomic E-state index is 0.0617. The minimum atomic E-state index is -3.63. The molecule has 0 bridgehead atoms. The average molecular weight is 289 g/mol. The summed E-state index contributed by atoms with van der Waals surface area (Å²) >= 11 is 0. The van der Waals surface area contributed by atoms with Crippen molar-refractivity contribution < 1.29 is 17.9 Å². The molecule has 19 heavy (non-hydrogen) atoms. The summed E-state index contributed by atoms with van der Waals surface area (Å²) in [4.78, 5) is 0.164. The highest BCUT2D eigenvalue weighted by Gasteiger charge is 2.30. The summed E-state index contributed by atoms with van der Waals surface area (Å²) in [5, 5.41) is 9.07. The van der Waals surface area contributed by atoms with Crippen LogP contribution in [0.25, 0.3) is 0 Å². The predicted octanol–water partition coefficient (Wildman–Crippen LogP) is 1.97. The van der Waals surface area contributed by atoms with E-state index in [2.05, 4.69) is 4.72 Å². The number of sulfonamides is 1. The number of hydrogen-bond donors (Lipinski definition) is 2. The number of hydrogen-bond acceptors (Lipinski definition) is 4. The maximum Gasteiger partial charge on any atom is 0.244 e. The van der Waals surface area contributed by atoms with Gasteiger partial charge in [-0.25, -0.2) is 13.1 Å². The van der Waals surface area contributed by atoms with E-state index < -0.39 is 10.0 Å². The fraction of sp³-hybridized carbons (Fsp3) is 0.692. The standard InChI is InChI=1S/C13H23NO4S/c1-9-8-11(10(2)18-9)19(16,17)14-12(6-7-15)13(3,4)5/h8,12,14-15H,6-7H2,1-5H3. The Kier molecular flexibility index (Phi) is 4.81. The third kappa shape index (κ3) is 4.06. The zero-order valence-electron chi connectivity index (χ0n) is 12.1. The fourth-order valence-electron chi connectivity index (χ4n) is 1.92. The van der Waals surface area contributed by atoms with Crippen LogP contribution in [0.5, 0.6) is 0 Å². The minimum Gasteiger partial charge on any atom is -0.465 e. The molecule has 1 atom stereocenters. The molecule has 1 heterocycles. The van der Waals surface area contributed by atoms with Crippen LogP contribution in [-0.4, -0.2) is 26.2 Å². The molecule has 0 saturated heterocycles. The first kappa shape index (κ1) is 16.2. The molecule has 2 N–H and O–H groups in total. The third-order valence-corrected chi connectivity index (χ3v) is 4.62. The van der Waals surface area contributed by atoms with E-state index in [1.165, 1.54) is 6.07 Å². The molecule has 1 aromatic heterocycles. The fourth-order valence-corrected chi connectivity index (χ4v) is 3.64. The van der Waals surface area contributed by atoms with Crippen LogP contribution < -0.4 is 4.72 Å². The van der Waals surface area contributed by atoms with Crippen molar-refractivity contribution in [3.05, 3.63) is 17.6 Å². The van der Waals surface area contributed by atoms with Crippen molar-refractivity contribution in [2.75, 3.05) is 6.61 Å². The number of aliphatic hydroxyl groups is 1. The van der Waals surface area contributed by atoms with Gasteiger partial charge in [0.25, 0.3) is 0 Å². The van der Waals surface area contributed by atoms with Crippen LogP contribution in [0.4, 0.5) is 0 Å². The highest BCUT2D eigenvalue weighted by atomic mass is 32.2. The van der Waals surface area contributed by atoms with Crippen LogP contribution in [0.1, 0.15) is 38.7 Å². The Morgan fingerprint density at radius 2 is 1.95 bits per heavy atom. The van der Waals surface area contributed by atoms with Crippen LogP contribution in [0.3, 0.4) is 0 Å². The first-order valence-corrected chi connectivity index (χ1v) is 7.76. The van der Waals surface area contributed by atoms with Crippen LogP contribution in [0.15, 0.2) is 15.4 Å². The zero-order valence-corrected chi connectivity index (χ0v) is 13.0. The van der Waals surface area contributed by atoms with E-state index in [-0.39, 0.29) is 23.0 Å². The van der Waals surface area contributed by atoms with E-state index >= 15 is 0 Å². The van der Waals surface area contributed by atoms with Gasteiger partial charge in [-0.3, -0.25) is 0 Å². The maximum absolute atomic E-state index is 12.3. The Labute approximate surface area is 115 Å². The molecule has 6 heteroatoms. The van der Waals surface area contributed by atoms with Gasteiger partial charge in [0, 0.05) is 12.6 Å². The molecule has 0 spiro atoms. The second kappa shape index (κ2) is 5.64. The lowest BCUT2D eigenvalue weighted by molar-refractivity contribution is 0.214. The zero-order chi connectivity index (χ0) is 14.8. The van der Waals surface area contributed by atoms with Crippen LogP contribution in [-0.2, 0) is 10.0 Å². The predicted molar refractivity (Wildman–Crippen MR) is 73.4 cm³/mol. The van der Waals surface area contributed by atoms with E-state index in [4.69, 9.17) is 9.52 Å². The molecule has 0 amide bonds. The van der Waals surface area contributed by atoms with Gasteiger partial charge in [-0.1, -0.05) is 20.8 Å². The number of aryl methyl sites for hydroxylation is 2. The molecule has 0 aliphatic heterocycles. The van der Waals surface area contributed by atoms with Crippen molar-refractivity contribution in [3.8, 4) is 0 Å². The molecule has 1 unspecified atom stereocenters. The van der Waals surface area contributed by atoms with Gasteiger partial charge in [0.15, 0.2) is 0 Å². The number of rotatable bonds is 5. The van der Waals surface area contributed by atoms with Crippen LogP contribution >= 0.6 is 0 Å². The lowest BCUT2D eigenvalue weighted by Gasteiger charge is -2.30. The lowest BCUT2D eigenvalue weighted by Crippen LogP contribution is -2.44. The van der Waals surface area contributed by atoms with E-state index in [9.17, 15) is 8.42 Å². The van der Waals surface area contributed by atoms with Crippen molar-refractivity contribution in [1.82, 2.24) is 4.72 Å². The smallest absolute Gasteiger partial charge is 0.244 e. The molecule has 5 nitrogen and oxygen atoms in total. The van der Waals surface area contributed by atoms with Gasteiger partial charge in [-0.2, -0.15) is 0 Å². The van der Waals surface area contributed by atoms with Crippen LogP contribution in [0.2, 0.25) is 0 Å². The second-order valence-electron chi connectivity index (χ2n) is 5.83.